The van der Waals surface area contributed by atoms with Gasteiger partial charge in [0.25, 0.3) is 0 Å². The van der Waals surface area contributed by atoms with Crippen LogP contribution >= 0.6 is 0 Å². The number of aliphatic hydroxyl groups is 1. The number of hydrogen-bond donors (Lipinski definition) is 1. The van der Waals surface area contributed by atoms with E-state index in [1.165, 1.54) is 6.92 Å². The van der Waals surface area contributed by atoms with Gasteiger partial charge >= 0.3 is 5.97 Å². The number of aliphatic hydroxyl groups excluding tert-OH is 1. The molecule has 0 bridgehead atoms. The zero-order valence-corrected chi connectivity index (χ0v) is 27.7. The highest BCUT2D eigenvalue weighted by atomic mass is 16.7. The maximum Gasteiger partial charge on any atom is 0.306 e. The molecular formula is C40H44O9. The van der Waals surface area contributed by atoms with E-state index in [-0.39, 0.29) is 45.1 Å². The van der Waals surface area contributed by atoms with Crippen LogP contribution in [0, 0.1) is 0 Å². The van der Waals surface area contributed by atoms with Crippen molar-refractivity contribution < 1.29 is 43.1 Å². The van der Waals surface area contributed by atoms with Crippen molar-refractivity contribution in [2.75, 3.05) is 6.61 Å². The highest BCUT2D eigenvalue weighted by molar-refractivity contribution is 5.81. The second-order valence-corrected chi connectivity index (χ2v) is 12.0. The molecular weight excluding hydrogens is 624 g/mol. The Kier molecular flexibility index (Phi) is 14.1. The molecule has 1 aliphatic rings. The van der Waals surface area contributed by atoms with E-state index in [1.807, 2.05) is 121 Å². The summed E-state index contributed by atoms with van der Waals surface area (Å²) in [6.07, 6.45) is -6.49. The summed E-state index contributed by atoms with van der Waals surface area (Å²) in [4.78, 5) is 24.9. The SMILES string of the molecule is CC(=O)CCC(=O)O[C@H]1[C@H](OCc2ccccc2)[C@@H]([C@H](COCc2ccccc2)OCc2ccccc2)O[C@H](O)[C@H]1OCc1ccccc1. The van der Waals surface area contributed by atoms with Gasteiger partial charge in [0.05, 0.1) is 39.5 Å². The number of ketones is 1. The fraction of sp³-hybridized carbons (Fsp3) is 0.350. The molecule has 0 spiro atoms. The van der Waals surface area contributed by atoms with Crippen molar-refractivity contribution in [3.05, 3.63) is 144 Å². The number of benzene rings is 4. The van der Waals surface area contributed by atoms with Gasteiger partial charge in [0.1, 0.15) is 30.2 Å². The average Bonchev–Trinajstić information content (AvgIpc) is 3.13. The summed E-state index contributed by atoms with van der Waals surface area (Å²) in [7, 11) is 0. The molecule has 6 atom stereocenters. The molecule has 0 amide bonds. The second-order valence-electron chi connectivity index (χ2n) is 12.0. The molecule has 4 aromatic rings. The first-order chi connectivity index (χ1) is 24.0. The standard InChI is InChI=1S/C40H44O9/c1-29(41)22-23-35(42)48-38-37(46-26-32-18-10-4-11-19-32)36(49-40(43)39(38)47-27-33-20-12-5-13-21-33)34(45-25-31-16-8-3-9-17-31)28-44-24-30-14-6-2-7-15-30/h2-21,34,36-40,43H,22-28H2,1H3/t34-,36+,37+,38-,39-,40-/m0/s1. The molecule has 0 unspecified atom stereocenters. The van der Waals surface area contributed by atoms with Crippen LogP contribution in [0.1, 0.15) is 42.0 Å². The molecule has 258 valence electrons. The Labute approximate surface area is 287 Å². The van der Waals surface area contributed by atoms with E-state index >= 15 is 0 Å². The van der Waals surface area contributed by atoms with Gasteiger partial charge < -0.3 is 38.3 Å². The van der Waals surface area contributed by atoms with Crippen molar-refractivity contribution in [1.82, 2.24) is 0 Å². The first kappa shape index (κ1) is 36.1. The minimum Gasteiger partial charge on any atom is -0.456 e. The van der Waals surface area contributed by atoms with E-state index in [2.05, 4.69) is 0 Å². The lowest BCUT2D eigenvalue weighted by Gasteiger charge is -2.46. The number of esters is 1. The van der Waals surface area contributed by atoms with Gasteiger partial charge in [-0.3, -0.25) is 4.79 Å². The van der Waals surface area contributed by atoms with Crippen molar-refractivity contribution >= 4 is 11.8 Å². The second kappa shape index (κ2) is 19.1. The summed E-state index contributed by atoms with van der Waals surface area (Å²) in [5.41, 5.74) is 3.67. The number of hydrogen-bond acceptors (Lipinski definition) is 9. The van der Waals surface area contributed by atoms with Gasteiger partial charge in [0.15, 0.2) is 12.4 Å². The van der Waals surface area contributed by atoms with Crippen molar-refractivity contribution in [3.8, 4) is 0 Å². The van der Waals surface area contributed by atoms with Crippen molar-refractivity contribution in [3.63, 3.8) is 0 Å². The fourth-order valence-electron chi connectivity index (χ4n) is 5.56. The van der Waals surface area contributed by atoms with Crippen molar-refractivity contribution in [2.45, 2.75) is 83.0 Å². The summed E-state index contributed by atoms with van der Waals surface area (Å²) < 4.78 is 37.8. The first-order valence-corrected chi connectivity index (χ1v) is 16.6. The molecule has 1 fully saturated rings. The van der Waals surface area contributed by atoms with E-state index in [4.69, 9.17) is 28.4 Å². The zero-order chi connectivity index (χ0) is 34.3. The lowest BCUT2D eigenvalue weighted by atomic mass is 9.94. The largest absolute Gasteiger partial charge is 0.456 e. The Morgan fingerprint density at radius 1 is 0.633 bits per heavy atom. The molecule has 9 heteroatoms. The van der Waals surface area contributed by atoms with Crippen LogP contribution in [0.4, 0.5) is 0 Å². The Bertz CT molecular complexity index is 1540. The Morgan fingerprint density at radius 3 is 1.61 bits per heavy atom. The number of carbonyl (C=O) groups excluding carboxylic acids is 2. The third-order valence-electron chi connectivity index (χ3n) is 8.14. The lowest BCUT2D eigenvalue weighted by Crippen LogP contribution is -2.64. The maximum atomic E-state index is 13.2. The molecule has 1 heterocycles. The molecule has 1 aliphatic heterocycles. The first-order valence-electron chi connectivity index (χ1n) is 16.6. The minimum absolute atomic E-state index is 0.0231. The van der Waals surface area contributed by atoms with Crippen LogP contribution in [-0.2, 0) is 64.4 Å². The van der Waals surface area contributed by atoms with Crippen LogP contribution in [0.15, 0.2) is 121 Å². The fourth-order valence-corrected chi connectivity index (χ4v) is 5.56. The summed E-state index contributed by atoms with van der Waals surface area (Å²) in [6.45, 7) is 2.35. The van der Waals surface area contributed by atoms with Gasteiger partial charge in [0, 0.05) is 6.42 Å². The predicted octanol–water partition coefficient (Wildman–Crippen LogP) is 5.96. The molecule has 9 nitrogen and oxygen atoms in total. The molecule has 1 saturated heterocycles. The van der Waals surface area contributed by atoms with Crippen LogP contribution in [0.5, 0.6) is 0 Å². The van der Waals surface area contributed by atoms with E-state index in [0.717, 1.165) is 22.3 Å². The van der Waals surface area contributed by atoms with Gasteiger partial charge in [-0.25, -0.2) is 0 Å². The summed E-state index contributed by atoms with van der Waals surface area (Å²) in [5, 5.41) is 11.5. The third kappa shape index (κ3) is 11.4. The average molecular weight is 669 g/mol. The molecule has 0 aliphatic carbocycles. The highest BCUT2D eigenvalue weighted by Gasteiger charge is 2.52. The van der Waals surface area contributed by atoms with Crippen LogP contribution in [0.25, 0.3) is 0 Å². The molecule has 49 heavy (non-hydrogen) atoms. The van der Waals surface area contributed by atoms with E-state index in [0.29, 0.717) is 6.61 Å². The van der Waals surface area contributed by atoms with E-state index in [9.17, 15) is 14.7 Å². The normalized spacial score (nSPS) is 21.1. The Hall–Kier alpha value is -4.22. The number of rotatable bonds is 18. The van der Waals surface area contributed by atoms with Crippen LogP contribution < -0.4 is 0 Å². The maximum absolute atomic E-state index is 13.2. The Morgan fingerprint density at radius 2 is 1.10 bits per heavy atom. The third-order valence-corrected chi connectivity index (χ3v) is 8.14. The minimum atomic E-state index is -1.51. The molecule has 4 aromatic carbocycles. The van der Waals surface area contributed by atoms with Gasteiger partial charge in [-0.05, 0) is 29.2 Å². The highest BCUT2D eigenvalue weighted by Crippen LogP contribution is 2.32. The summed E-state index contributed by atoms with van der Waals surface area (Å²) in [6, 6.07) is 38.5. The Balaban J connectivity index is 1.45. The molecule has 0 saturated carbocycles. The molecule has 1 N–H and O–H groups in total. The summed E-state index contributed by atoms with van der Waals surface area (Å²) >= 11 is 0. The van der Waals surface area contributed by atoms with Gasteiger partial charge in [-0.1, -0.05) is 121 Å². The van der Waals surface area contributed by atoms with Gasteiger partial charge in [-0.2, -0.15) is 0 Å². The van der Waals surface area contributed by atoms with Crippen molar-refractivity contribution in [2.24, 2.45) is 0 Å². The van der Waals surface area contributed by atoms with Crippen LogP contribution in [0.2, 0.25) is 0 Å². The van der Waals surface area contributed by atoms with E-state index < -0.39 is 42.8 Å². The molecule has 0 radical (unpaired) electrons. The molecule has 0 aromatic heterocycles. The van der Waals surface area contributed by atoms with Gasteiger partial charge in [-0.15, -0.1) is 0 Å². The van der Waals surface area contributed by atoms with Gasteiger partial charge in [0.2, 0.25) is 0 Å². The van der Waals surface area contributed by atoms with Crippen LogP contribution in [-0.4, -0.2) is 60.3 Å². The van der Waals surface area contributed by atoms with Crippen LogP contribution in [0.3, 0.4) is 0 Å². The quantitative estimate of drug-likeness (QED) is 0.129. The van der Waals surface area contributed by atoms with E-state index in [1.54, 1.807) is 0 Å². The van der Waals surface area contributed by atoms with Crippen molar-refractivity contribution in [1.29, 1.82) is 0 Å². The number of carbonyl (C=O) groups is 2. The topological polar surface area (TPSA) is 110 Å². The number of Topliss-reactive ketones (excluding diaryl/α,β-unsaturated/α-hetero) is 1. The lowest BCUT2D eigenvalue weighted by molar-refractivity contribution is -0.323. The molecule has 5 rings (SSSR count). The number of ether oxygens (including phenoxy) is 6. The predicted molar refractivity (Wildman–Crippen MR) is 182 cm³/mol. The monoisotopic (exact) mass is 668 g/mol. The smallest absolute Gasteiger partial charge is 0.306 e. The zero-order valence-electron chi connectivity index (χ0n) is 27.7. The summed E-state index contributed by atoms with van der Waals surface area (Å²) in [5.74, 6) is -0.753.